The van der Waals surface area contributed by atoms with Crippen LogP contribution < -0.4 is 15.0 Å². The number of nitrogens with zero attached hydrogens (tertiary/aromatic N) is 2. The molecule has 2 bridgehead atoms. The third-order valence-corrected chi connectivity index (χ3v) is 4.91. The highest BCUT2D eigenvalue weighted by Gasteiger charge is 2.45. The number of carbonyl (C=O) groups is 3. The number of amides is 3. The summed E-state index contributed by atoms with van der Waals surface area (Å²) in [6, 6.07) is 10.6. The van der Waals surface area contributed by atoms with Crippen LogP contribution >= 0.6 is 0 Å². The molecule has 2 aliphatic heterocycles. The van der Waals surface area contributed by atoms with Gasteiger partial charge in [0.2, 0.25) is 0 Å². The fourth-order valence-corrected chi connectivity index (χ4v) is 3.63. The van der Waals surface area contributed by atoms with Gasteiger partial charge in [0, 0.05) is 12.1 Å². The molecule has 2 N–H and O–H groups in total. The van der Waals surface area contributed by atoms with Crippen LogP contribution in [0, 0.1) is 5.82 Å². The molecule has 3 amide bonds. The van der Waals surface area contributed by atoms with E-state index in [-0.39, 0.29) is 13.0 Å². The maximum absolute atomic E-state index is 13.2. The highest BCUT2D eigenvalue weighted by Crippen LogP contribution is 2.36. The molecule has 29 heavy (non-hydrogen) atoms. The van der Waals surface area contributed by atoms with E-state index in [0.717, 1.165) is 4.90 Å². The Hall–Kier alpha value is -3.62. The number of benzene rings is 2. The van der Waals surface area contributed by atoms with E-state index < -0.39 is 42.4 Å². The van der Waals surface area contributed by atoms with Gasteiger partial charge in [0.15, 0.2) is 0 Å². The van der Waals surface area contributed by atoms with Gasteiger partial charge in [-0.15, -0.1) is 0 Å². The molecule has 4 rings (SSSR count). The molecule has 2 atom stereocenters. The van der Waals surface area contributed by atoms with Crippen LogP contribution in [0.1, 0.15) is 6.42 Å². The summed E-state index contributed by atoms with van der Waals surface area (Å²) < 4.78 is 19.1. The fourth-order valence-electron chi connectivity index (χ4n) is 3.63. The first-order chi connectivity index (χ1) is 13.9. The molecule has 0 saturated carbocycles. The van der Waals surface area contributed by atoms with Crippen LogP contribution in [0.15, 0.2) is 48.5 Å². The lowest BCUT2D eigenvalue weighted by molar-refractivity contribution is -0.137. The van der Waals surface area contributed by atoms with Gasteiger partial charge in [-0.3, -0.25) is 14.5 Å². The maximum Gasteiger partial charge on any atom is 0.323 e. The molecule has 9 heteroatoms. The van der Waals surface area contributed by atoms with Crippen molar-refractivity contribution >= 4 is 29.3 Å². The van der Waals surface area contributed by atoms with Crippen molar-refractivity contribution < 1.29 is 28.6 Å². The Morgan fingerprint density at radius 2 is 1.90 bits per heavy atom. The number of carbonyl (C=O) groups excluding carboxylic acids is 2. The quantitative estimate of drug-likeness (QED) is 0.825. The van der Waals surface area contributed by atoms with Crippen LogP contribution in [0.4, 0.5) is 20.6 Å². The second-order valence-corrected chi connectivity index (χ2v) is 6.87. The first-order valence-corrected chi connectivity index (χ1v) is 9.04. The van der Waals surface area contributed by atoms with Crippen LogP contribution in [0.25, 0.3) is 0 Å². The molecule has 0 aliphatic carbocycles. The van der Waals surface area contributed by atoms with Crippen molar-refractivity contribution in [2.45, 2.75) is 18.6 Å². The second kappa shape index (κ2) is 7.42. The number of nitrogens with one attached hydrogen (secondary N) is 1. The molecule has 2 aliphatic rings. The van der Waals surface area contributed by atoms with E-state index in [0.29, 0.717) is 17.1 Å². The average Bonchev–Trinajstić information content (AvgIpc) is 3.12. The monoisotopic (exact) mass is 399 g/mol. The zero-order chi connectivity index (χ0) is 20.5. The molecule has 2 aromatic carbocycles. The number of halogens is 1. The Labute approximate surface area is 165 Å². The fraction of sp³-hybridized carbons (Fsp3) is 0.250. The van der Waals surface area contributed by atoms with Crippen molar-refractivity contribution in [3.8, 4) is 5.75 Å². The summed E-state index contributed by atoms with van der Waals surface area (Å²) in [6.45, 7) is -0.382. The van der Waals surface area contributed by atoms with E-state index in [4.69, 9.17) is 4.74 Å². The predicted octanol–water partition coefficient (Wildman–Crippen LogP) is 2.31. The van der Waals surface area contributed by atoms with E-state index in [1.165, 1.54) is 29.2 Å². The van der Waals surface area contributed by atoms with Gasteiger partial charge < -0.3 is 20.1 Å². The molecule has 2 heterocycles. The molecular weight excluding hydrogens is 381 g/mol. The number of para-hydroxylation sites is 2. The summed E-state index contributed by atoms with van der Waals surface area (Å²) in [5.74, 6) is -1.70. The minimum absolute atomic E-state index is 0.165. The van der Waals surface area contributed by atoms with Crippen molar-refractivity contribution in [3.63, 3.8) is 0 Å². The van der Waals surface area contributed by atoms with E-state index in [1.54, 1.807) is 24.3 Å². The van der Waals surface area contributed by atoms with E-state index in [9.17, 15) is 23.9 Å². The lowest BCUT2D eigenvalue weighted by atomic mass is 10.1. The van der Waals surface area contributed by atoms with Crippen molar-refractivity contribution in [1.29, 1.82) is 0 Å². The number of hydrogen-bond donors (Lipinski definition) is 2. The molecule has 2 unspecified atom stereocenters. The number of rotatable bonds is 3. The van der Waals surface area contributed by atoms with E-state index in [2.05, 4.69) is 5.32 Å². The van der Waals surface area contributed by atoms with Gasteiger partial charge in [0.05, 0.1) is 12.2 Å². The minimum Gasteiger partial charge on any atom is -0.486 e. The third kappa shape index (κ3) is 3.71. The van der Waals surface area contributed by atoms with Crippen LogP contribution in [0.5, 0.6) is 5.75 Å². The first-order valence-electron chi connectivity index (χ1n) is 9.04. The normalized spacial score (nSPS) is 20.4. The summed E-state index contributed by atoms with van der Waals surface area (Å²) >= 11 is 0. The topological polar surface area (TPSA) is 99.2 Å². The summed E-state index contributed by atoms with van der Waals surface area (Å²) in [7, 11) is 0. The smallest absolute Gasteiger partial charge is 0.323 e. The maximum atomic E-state index is 13.2. The molecule has 150 valence electrons. The second-order valence-electron chi connectivity index (χ2n) is 6.87. The first kappa shape index (κ1) is 18.7. The summed E-state index contributed by atoms with van der Waals surface area (Å²) in [5.41, 5.74) is 0.739. The Morgan fingerprint density at radius 1 is 1.17 bits per heavy atom. The Morgan fingerprint density at radius 3 is 2.62 bits per heavy atom. The number of hydrogen-bond acceptors (Lipinski definition) is 4. The molecule has 0 radical (unpaired) electrons. The van der Waals surface area contributed by atoms with Crippen LogP contribution in [0.2, 0.25) is 0 Å². The highest BCUT2D eigenvalue weighted by atomic mass is 19.1. The highest BCUT2D eigenvalue weighted by molar-refractivity contribution is 6.04. The minimum atomic E-state index is -1.18. The van der Waals surface area contributed by atoms with Crippen molar-refractivity contribution in [1.82, 2.24) is 4.90 Å². The molecule has 1 saturated heterocycles. The van der Waals surface area contributed by atoms with Crippen molar-refractivity contribution in [3.05, 3.63) is 54.3 Å². The lowest BCUT2D eigenvalue weighted by Gasteiger charge is -2.30. The Balaban J connectivity index is 1.62. The SMILES string of the molecule is O=C(O)CN1C(=O)C2CC(CN2C(=O)Nc2ccc(F)cc2)Oc2ccccc21. The zero-order valence-electron chi connectivity index (χ0n) is 15.2. The van der Waals surface area contributed by atoms with Crippen LogP contribution in [0.3, 0.4) is 0 Å². The van der Waals surface area contributed by atoms with Gasteiger partial charge in [-0.05, 0) is 36.4 Å². The predicted molar refractivity (Wildman–Crippen MR) is 101 cm³/mol. The van der Waals surface area contributed by atoms with Crippen LogP contribution in [-0.4, -0.2) is 53.1 Å². The van der Waals surface area contributed by atoms with Gasteiger partial charge in [0.25, 0.3) is 5.91 Å². The van der Waals surface area contributed by atoms with Gasteiger partial charge in [-0.2, -0.15) is 0 Å². The molecular formula is C20H18FN3O5. The molecule has 0 aromatic heterocycles. The molecule has 0 spiro atoms. The number of aliphatic carboxylic acids is 1. The molecule has 1 fully saturated rings. The summed E-state index contributed by atoms with van der Waals surface area (Å²) in [4.78, 5) is 39.8. The summed E-state index contributed by atoms with van der Waals surface area (Å²) in [6.07, 6.45) is -0.156. The van der Waals surface area contributed by atoms with Gasteiger partial charge >= 0.3 is 12.0 Å². The number of anilines is 2. The Bertz CT molecular complexity index is 965. The lowest BCUT2D eigenvalue weighted by Crippen LogP contribution is -2.50. The van der Waals surface area contributed by atoms with Crippen molar-refractivity contribution in [2.24, 2.45) is 0 Å². The number of likely N-dealkylation sites (tertiary alicyclic amines) is 1. The standard InChI is InChI=1S/C20H18FN3O5/c21-12-5-7-13(8-6-12)22-20(28)24-10-14-9-16(24)19(27)23(11-18(25)26)15-3-1-2-4-17(15)29-14/h1-8,14,16H,9-11H2,(H,22,28)(H,25,26). The number of urea groups is 1. The van der Waals surface area contributed by atoms with Gasteiger partial charge in [0.1, 0.15) is 30.3 Å². The number of carboxylic acid groups (broad SMARTS) is 1. The van der Waals surface area contributed by atoms with Gasteiger partial charge in [-0.25, -0.2) is 9.18 Å². The molecule has 2 aromatic rings. The number of ether oxygens (including phenoxy) is 1. The van der Waals surface area contributed by atoms with Crippen molar-refractivity contribution in [2.75, 3.05) is 23.3 Å². The van der Waals surface area contributed by atoms with E-state index in [1.807, 2.05) is 0 Å². The Kier molecular flexibility index (Phi) is 4.79. The van der Waals surface area contributed by atoms with Crippen LogP contribution in [-0.2, 0) is 9.59 Å². The van der Waals surface area contributed by atoms with Gasteiger partial charge in [-0.1, -0.05) is 12.1 Å². The number of carboxylic acids is 1. The van der Waals surface area contributed by atoms with E-state index >= 15 is 0 Å². The zero-order valence-corrected chi connectivity index (χ0v) is 15.2. The third-order valence-electron chi connectivity index (χ3n) is 4.91. The summed E-state index contributed by atoms with van der Waals surface area (Å²) in [5, 5.41) is 11.9. The molecule has 8 nitrogen and oxygen atoms in total. The largest absolute Gasteiger partial charge is 0.486 e. The number of fused-ring (bicyclic) bond motifs is 3. The average molecular weight is 399 g/mol.